The Bertz CT molecular complexity index is 1010. The molecule has 1 aromatic heterocycles. The van der Waals surface area contributed by atoms with E-state index < -0.39 is 0 Å². The summed E-state index contributed by atoms with van der Waals surface area (Å²) in [5.41, 5.74) is 9.27. The zero-order valence-corrected chi connectivity index (χ0v) is 15.3. The van der Waals surface area contributed by atoms with Gasteiger partial charge in [0.15, 0.2) is 11.5 Å². The lowest BCUT2D eigenvalue weighted by atomic mass is 9.98. The van der Waals surface area contributed by atoms with Crippen LogP contribution in [0.4, 0.5) is 5.82 Å². The summed E-state index contributed by atoms with van der Waals surface area (Å²) in [6.07, 6.45) is 0. The normalized spacial score (nSPS) is 10.1. The van der Waals surface area contributed by atoms with Gasteiger partial charge in [0.05, 0.1) is 27.0 Å². The first-order valence-electron chi connectivity index (χ1n) is 8.20. The second kappa shape index (κ2) is 7.67. The predicted octanol–water partition coefficient (Wildman–Crippen LogP) is 3.90. The topological polar surface area (TPSA) is 90.4 Å². The fourth-order valence-electron chi connectivity index (χ4n) is 2.97. The predicted molar refractivity (Wildman–Crippen MR) is 104 cm³/mol. The molecule has 1 heterocycles. The number of hydrogen-bond donors (Lipinski definition) is 1. The van der Waals surface area contributed by atoms with Crippen molar-refractivity contribution in [3.63, 3.8) is 0 Å². The van der Waals surface area contributed by atoms with Crippen molar-refractivity contribution in [2.45, 2.75) is 0 Å². The Balaban J connectivity index is 2.28. The van der Waals surface area contributed by atoms with Gasteiger partial charge < -0.3 is 19.9 Å². The minimum Gasteiger partial charge on any atom is -0.493 e. The lowest BCUT2D eigenvalue weighted by Gasteiger charge is -2.16. The third-order valence-electron chi connectivity index (χ3n) is 4.22. The van der Waals surface area contributed by atoms with Gasteiger partial charge in [-0.15, -0.1) is 0 Å². The quantitative estimate of drug-likeness (QED) is 0.741. The summed E-state index contributed by atoms with van der Waals surface area (Å²) in [5, 5.41) is 9.54. The molecule has 0 aliphatic heterocycles. The first-order valence-corrected chi connectivity index (χ1v) is 8.20. The summed E-state index contributed by atoms with van der Waals surface area (Å²) in [4.78, 5) is 4.42. The van der Waals surface area contributed by atoms with E-state index in [2.05, 4.69) is 11.1 Å². The number of nitriles is 1. The lowest BCUT2D eigenvalue weighted by Crippen LogP contribution is -2.02. The molecule has 0 atom stereocenters. The number of methoxy groups -OCH3 is 3. The van der Waals surface area contributed by atoms with E-state index in [9.17, 15) is 5.26 Å². The Morgan fingerprint density at radius 2 is 1.59 bits per heavy atom. The number of nitrogen functional groups attached to an aromatic ring is 1. The van der Waals surface area contributed by atoms with Crippen LogP contribution in [0.25, 0.3) is 22.4 Å². The van der Waals surface area contributed by atoms with E-state index in [1.165, 1.54) is 0 Å². The van der Waals surface area contributed by atoms with Crippen molar-refractivity contribution in [1.29, 1.82) is 5.26 Å². The zero-order chi connectivity index (χ0) is 19.4. The van der Waals surface area contributed by atoms with Gasteiger partial charge in [-0.1, -0.05) is 30.3 Å². The third-order valence-corrected chi connectivity index (χ3v) is 4.22. The smallest absolute Gasteiger partial charge is 0.203 e. The Morgan fingerprint density at radius 1 is 0.889 bits per heavy atom. The Labute approximate surface area is 157 Å². The van der Waals surface area contributed by atoms with E-state index in [0.717, 1.165) is 5.56 Å². The minimum absolute atomic E-state index is 0.158. The molecule has 0 fully saturated rings. The second-order valence-corrected chi connectivity index (χ2v) is 5.68. The summed E-state index contributed by atoms with van der Waals surface area (Å²) in [6.45, 7) is 0. The number of hydrogen-bond acceptors (Lipinski definition) is 6. The van der Waals surface area contributed by atoms with Gasteiger partial charge in [0.1, 0.15) is 17.5 Å². The van der Waals surface area contributed by atoms with Crippen LogP contribution in [0.15, 0.2) is 48.5 Å². The molecule has 27 heavy (non-hydrogen) atoms. The summed E-state index contributed by atoms with van der Waals surface area (Å²) < 4.78 is 16.3. The number of nitrogens with two attached hydrogens (primary N) is 1. The van der Waals surface area contributed by atoms with Gasteiger partial charge in [-0.3, -0.25) is 0 Å². The van der Waals surface area contributed by atoms with Crippen LogP contribution >= 0.6 is 0 Å². The standard InChI is InChI=1S/C21H19N3O3/c1-25-18-10-9-14(19(26-2)20(18)27-3)17-11-15(13-7-5-4-6-8-13)16(12-22)21(23)24-17/h4-11H,1-3H3,(H2,23,24). The number of nitrogens with zero attached hydrogens (tertiary/aromatic N) is 2. The van der Waals surface area contributed by atoms with Crippen molar-refractivity contribution in [1.82, 2.24) is 4.98 Å². The Kier molecular flexibility index (Phi) is 5.13. The molecule has 0 saturated carbocycles. The lowest BCUT2D eigenvalue weighted by molar-refractivity contribution is 0.325. The summed E-state index contributed by atoms with van der Waals surface area (Å²) in [6, 6.07) is 17.1. The highest BCUT2D eigenvalue weighted by atomic mass is 16.5. The van der Waals surface area contributed by atoms with Crippen LogP contribution in [0.1, 0.15) is 5.56 Å². The molecule has 0 aliphatic carbocycles. The molecule has 2 aromatic carbocycles. The van der Waals surface area contributed by atoms with Gasteiger partial charge in [-0.2, -0.15) is 5.26 Å². The summed E-state index contributed by atoms with van der Waals surface area (Å²) in [7, 11) is 4.65. The van der Waals surface area contributed by atoms with Crippen LogP contribution in [0.2, 0.25) is 0 Å². The van der Waals surface area contributed by atoms with Crippen molar-refractivity contribution in [3.05, 3.63) is 54.1 Å². The number of anilines is 1. The molecule has 6 nitrogen and oxygen atoms in total. The molecule has 0 aliphatic rings. The molecule has 3 rings (SSSR count). The first-order chi connectivity index (χ1) is 13.1. The maximum absolute atomic E-state index is 9.54. The SMILES string of the molecule is COc1ccc(-c2cc(-c3ccccc3)c(C#N)c(N)n2)c(OC)c1OC. The highest BCUT2D eigenvalue weighted by Crippen LogP contribution is 2.44. The fraction of sp³-hybridized carbons (Fsp3) is 0.143. The van der Waals surface area contributed by atoms with E-state index in [4.69, 9.17) is 19.9 Å². The molecule has 0 bridgehead atoms. The highest BCUT2D eigenvalue weighted by molar-refractivity contribution is 5.83. The first kappa shape index (κ1) is 18.1. The molecule has 136 valence electrons. The third kappa shape index (κ3) is 3.23. The van der Waals surface area contributed by atoms with E-state index >= 15 is 0 Å². The van der Waals surface area contributed by atoms with Crippen molar-refractivity contribution in [2.75, 3.05) is 27.1 Å². The monoisotopic (exact) mass is 361 g/mol. The molecule has 0 unspecified atom stereocenters. The second-order valence-electron chi connectivity index (χ2n) is 5.68. The van der Waals surface area contributed by atoms with Crippen LogP contribution in [-0.2, 0) is 0 Å². The molecular formula is C21H19N3O3. The van der Waals surface area contributed by atoms with Gasteiger partial charge in [0, 0.05) is 11.1 Å². The van der Waals surface area contributed by atoms with Crippen LogP contribution in [0.5, 0.6) is 17.2 Å². The molecule has 0 amide bonds. The largest absolute Gasteiger partial charge is 0.493 e. The van der Waals surface area contributed by atoms with E-state index in [1.807, 2.05) is 42.5 Å². The minimum atomic E-state index is 0.158. The molecule has 6 heteroatoms. The maximum atomic E-state index is 9.54. The zero-order valence-electron chi connectivity index (χ0n) is 15.3. The van der Waals surface area contributed by atoms with Crippen molar-refractivity contribution < 1.29 is 14.2 Å². The number of pyridine rings is 1. The van der Waals surface area contributed by atoms with Crippen molar-refractivity contribution in [3.8, 4) is 45.7 Å². The van der Waals surface area contributed by atoms with Crippen LogP contribution in [-0.4, -0.2) is 26.3 Å². The molecular weight excluding hydrogens is 342 g/mol. The van der Waals surface area contributed by atoms with Gasteiger partial charge >= 0.3 is 0 Å². The fourth-order valence-corrected chi connectivity index (χ4v) is 2.97. The van der Waals surface area contributed by atoms with Gasteiger partial charge in [0.25, 0.3) is 0 Å². The summed E-state index contributed by atoms with van der Waals surface area (Å²) in [5.74, 6) is 1.64. The molecule has 0 radical (unpaired) electrons. The van der Waals surface area contributed by atoms with Gasteiger partial charge in [-0.05, 0) is 23.8 Å². The van der Waals surface area contributed by atoms with Crippen LogP contribution in [0.3, 0.4) is 0 Å². The average molecular weight is 361 g/mol. The molecule has 2 N–H and O–H groups in total. The number of rotatable bonds is 5. The maximum Gasteiger partial charge on any atom is 0.203 e. The Morgan fingerprint density at radius 3 is 2.19 bits per heavy atom. The van der Waals surface area contributed by atoms with Gasteiger partial charge in [0.2, 0.25) is 5.75 Å². The molecule has 3 aromatic rings. The highest BCUT2D eigenvalue weighted by Gasteiger charge is 2.20. The Hall–Kier alpha value is -3.72. The molecule has 0 spiro atoms. The van der Waals surface area contributed by atoms with E-state index in [0.29, 0.717) is 39.6 Å². The van der Waals surface area contributed by atoms with Crippen LogP contribution < -0.4 is 19.9 Å². The molecule has 0 saturated heterocycles. The number of aromatic nitrogens is 1. The van der Waals surface area contributed by atoms with Crippen molar-refractivity contribution >= 4 is 5.82 Å². The van der Waals surface area contributed by atoms with Crippen LogP contribution in [0, 0.1) is 11.3 Å². The average Bonchev–Trinajstić information content (AvgIpc) is 2.72. The van der Waals surface area contributed by atoms with E-state index in [-0.39, 0.29) is 5.82 Å². The number of benzene rings is 2. The van der Waals surface area contributed by atoms with Gasteiger partial charge in [-0.25, -0.2) is 4.98 Å². The number of ether oxygens (including phenoxy) is 3. The van der Waals surface area contributed by atoms with E-state index in [1.54, 1.807) is 27.4 Å². The van der Waals surface area contributed by atoms with Crippen molar-refractivity contribution in [2.24, 2.45) is 0 Å². The summed E-state index contributed by atoms with van der Waals surface area (Å²) >= 11 is 0.